The number of ether oxygens (including phenoxy) is 3. The minimum absolute atomic E-state index is 0.151. The van der Waals surface area contributed by atoms with E-state index >= 15 is 0 Å². The van der Waals surface area contributed by atoms with E-state index in [0.717, 1.165) is 5.56 Å². The van der Waals surface area contributed by atoms with E-state index in [4.69, 9.17) is 14.2 Å². The number of fused-ring (bicyclic) bond motifs is 1. The Hall–Kier alpha value is -3.35. The van der Waals surface area contributed by atoms with Crippen LogP contribution < -0.4 is 9.47 Å². The minimum Gasteiger partial charge on any atom is -0.493 e. The van der Waals surface area contributed by atoms with Crippen LogP contribution in [0.2, 0.25) is 0 Å². The molecule has 2 amide bonds. The number of imide groups is 1. The number of aryl methyl sites for hydroxylation is 1. The Morgan fingerprint density at radius 1 is 0.931 bits per heavy atom. The maximum Gasteiger partial charge on any atom is 0.306 e. The Kier molecular flexibility index (Phi) is 6.49. The number of hydrogen-bond acceptors (Lipinski definition) is 6. The number of amides is 2. The Labute approximate surface area is 169 Å². The molecule has 0 N–H and O–H groups in total. The van der Waals surface area contributed by atoms with Gasteiger partial charge in [0.2, 0.25) is 0 Å². The monoisotopic (exact) mass is 397 g/mol. The highest BCUT2D eigenvalue weighted by Crippen LogP contribution is 2.28. The molecule has 2 aromatic rings. The van der Waals surface area contributed by atoms with Gasteiger partial charge >= 0.3 is 5.97 Å². The maximum atomic E-state index is 12.3. The molecule has 0 bridgehead atoms. The summed E-state index contributed by atoms with van der Waals surface area (Å²) in [6.07, 6.45) is 1.13. The van der Waals surface area contributed by atoms with E-state index in [1.54, 1.807) is 44.6 Å². The summed E-state index contributed by atoms with van der Waals surface area (Å²) in [6.45, 7) is 0.369. The van der Waals surface area contributed by atoms with Gasteiger partial charge in [-0.25, -0.2) is 0 Å². The lowest BCUT2D eigenvalue weighted by atomic mass is 10.1. The van der Waals surface area contributed by atoms with Gasteiger partial charge < -0.3 is 14.2 Å². The number of nitrogens with zero attached hydrogens (tertiary/aromatic N) is 1. The summed E-state index contributed by atoms with van der Waals surface area (Å²) < 4.78 is 15.7. The molecule has 0 atom stereocenters. The predicted octanol–water partition coefficient (Wildman–Crippen LogP) is 2.87. The summed E-state index contributed by atoms with van der Waals surface area (Å²) in [5.41, 5.74) is 1.78. The van der Waals surface area contributed by atoms with Crippen LogP contribution in [0.15, 0.2) is 42.5 Å². The molecule has 0 spiro atoms. The van der Waals surface area contributed by atoms with Gasteiger partial charge in [0.15, 0.2) is 11.5 Å². The molecule has 0 aliphatic carbocycles. The van der Waals surface area contributed by atoms with Gasteiger partial charge in [-0.1, -0.05) is 18.2 Å². The molecule has 0 unspecified atom stereocenters. The van der Waals surface area contributed by atoms with Crippen LogP contribution in [0.1, 0.15) is 39.1 Å². The topological polar surface area (TPSA) is 82.1 Å². The number of esters is 1. The lowest BCUT2D eigenvalue weighted by Crippen LogP contribution is -2.31. The fourth-order valence-electron chi connectivity index (χ4n) is 3.21. The van der Waals surface area contributed by atoms with Gasteiger partial charge in [-0.15, -0.1) is 0 Å². The smallest absolute Gasteiger partial charge is 0.306 e. The summed E-state index contributed by atoms with van der Waals surface area (Å²) >= 11 is 0. The zero-order valence-corrected chi connectivity index (χ0v) is 16.5. The first-order chi connectivity index (χ1) is 14.0. The highest BCUT2D eigenvalue weighted by molar-refractivity contribution is 6.21. The second kappa shape index (κ2) is 9.23. The zero-order chi connectivity index (χ0) is 20.8. The quantitative estimate of drug-likeness (QED) is 0.368. The van der Waals surface area contributed by atoms with Gasteiger partial charge in [0.25, 0.3) is 11.8 Å². The number of carbonyl (C=O) groups excluding carboxylic acids is 3. The van der Waals surface area contributed by atoms with Crippen LogP contribution >= 0.6 is 0 Å². The largest absolute Gasteiger partial charge is 0.493 e. The summed E-state index contributed by atoms with van der Waals surface area (Å²) in [6, 6.07) is 12.2. The van der Waals surface area contributed by atoms with E-state index in [2.05, 4.69) is 0 Å². The van der Waals surface area contributed by atoms with Crippen LogP contribution in [0.5, 0.6) is 11.5 Å². The van der Waals surface area contributed by atoms with Crippen molar-refractivity contribution in [3.05, 3.63) is 59.2 Å². The molecule has 0 radical (unpaired) electrons. The average Bonchev–Trinajstić information content (AvgIpc) is 2.99. The van der Waals surface area contributed by atoms with Crippen molar-refractivity contribution >= 4 is 17.8 Å². The van der Waals surface area contributed by atoms with E-state index in [-0.39, 0.29) is 37.4 Å². The Morgan fingerprint density at radius 2 is 1.59 bits per heavy atom. The molecular formula is C22H23NO6. The molecule has 1 heterocycles. The van der Waals surface area contributed by atoms with Crippen LogP contribution in [0, 0.1) is 0 Å². The van der Waals surface area contributed by atoms with Crippen molar-refractivity contribution in [3.63, 3.8) is 0 Å². The zero-order valence-electron chi connectivity index (χ0n) is 16.5. The highest BCUT2D eigenvalue weighted by Gasteiger charge is 2.34. The molecule has 2 aromatic carbocycles. The number of methoxy groups -OCH3 is 2. The van der Waals surface area contributed by atoms with Crippen molar-refractivity contribution in [2.45, 2.75) is 19.3 Å². The number of benzene rings is 2. The van der Waals surface area contributed by atoms with Gasteiger partial charge in [-0.2, -0.15) is 0 Å². The summed E-state index contributed by atoms with van der Waals surface area (Å²) in [7, 11) is 3.13. The van der Waals surface area contributed by atoms with Crippen molar-refractivity contribution < 1.29 is 28.6 Å². The van der Waals surface area contributed by atoms with Crippen molar-refractivity contribution in [1.82, 2.24) is 4.90 Å². The number of rotatable bonds is 9. The molecule has 3 rings (SSSR count). The second-order valence-electron chi connectivity index (χ2n) is 6.57. The molecule has 1 aliphatic rings. The molecule has 7 heteroatoms. The molecule has 0 saturated carbocycles. The summed E-state index contributed by atoms with van der Waals surface area (Å²) in [5.74, 6) is 0.309. The number of carbonyl (C=O) groups is 3. The molecular weight excluding hydrogens is 374 g/mol. The third-order valence-electron chi connectivity index (χ3n) is 4.73. The Bertz CT molecular complexity index is 888. The molecule has 0 aromatic heterocycles. The standard InChI is InChI=1S/C22H23NO6/c1-27-18-10-8-15(14-19(18)28-2)9-11-20(24)29-13-5-12-23-21(25)16-6-3-4-7-17(16)22(23)26/h3-4,6-8,10,14H,5,9,11-13H2,1-2H3. The van der Waals surface area contributed by atoms with Crippen molar-refractivity contribution in [2.24, 2.45) is 0 Å². The molecule has 152 valence electrons. The molecule has 1 aliphatic heterocycles. The fraction of sp³-hybridized carbons (Fsp3) is 0.318. The van der Waals surface area contributed by atoms with Crippen molar-refractivity contribution in [3.8, 4) is 11.5 Å². The third kappa shape index (κ3) is 4.56. The van der Waals surface area contributed by atoms with Gasteiger partial charge in [0.05, 0.1) is 32.0 Å². The summed E-state index contributed by atoms with van der Waals surface area (Å²) in [5, 5.41) is 0. The Balaban J connectivity index is 1.41. The minimum atomic E-state index is -0.331. The van der Waals surface area contributed by atoms with Crippen LogP contribution in [-0.4, -0.2) is 50.1 Å². The highest BCUT2D eigenvalue weighted by atomic mass is 16.5. The van der Waals surface area contributed by atoms with Gasteiger partial charge in [-0.3, -0.25) is 19.3 Å². The lowest BCUT2D eigenvalue weighted by Gasteiger charge is -2.13. The normalized spacial score (nSPS) is 12.7. The average molecular weight is 397 g/mol. The molecule has 0 saturated heterocycles. The van der Waals surface area contributed by atoms with E-state index in [9.17, 15) is 14.4 Å². The van der Waals surface area contributed by atoms with Crippen molar-refractivity contribution in [1.29, 1.82) is 0 Å². The van der Waals surface area contributed by atoms with Gasteiger partial charge in [0.1, 0.15) is 0 Å². The molecule has 0 fully saturated rings. The van der Waals surface area contributed by atoms with E-state index in [1.807, 2.05) is 12.1 Å². The Morgan fingerprint density at radius 3 is 2.21 bits per heavy atom. The van der Waals surface area contributed by atoms with Gasteiger partial charge in [-0.05, 0) is 42.7 Å². The number of hydrogen-bond donors (Lipinski definition) is 0. The van der Waals surface area contributed by atoms with Crippen LogP contribution in [0.3, 0.4) is 0 Å². The third-order valence-corrected chi connectivity index (χ3v) is 4.73. The first-order valence-corrected chi connectivity index (χ1v) is 9.37. The fourth-order valence-corrected chi connectivity index (χ4v) is 3.21. The van der Waals surface area contributed by atoms with E-state index < -0.39 is 0 Å². The predicted molar refractivity (Wildman–Crippen MR) is 105 cm³/mol. The first-order valence-electron chi connectivity index (χ1n) is 9.37. The lowest BCUT2D eigenvalue weighted by molar-refractivity contribution is -0.143. The molecule has 7 nitrogen and oxygen atoms in total. The van der Waals surface area contributed by atoms with Crippen LogP contribution in [0.25, 0.3) is 0 Å². The van der Waals surface area contributed by atoms with Crippen molar-refractivity contribution in [2.75, 3.05) is 27.4 Å². The van der Waals surface area contributed by atoms with E-state index in [0.29, 0.717) is 35.5 Å². The second-order valence-corrected chi connectivity index (χ2v) is 6.57. The van der Waals surface area contributed by atoms with E-state index in [1.165, 1.54) is 4.90 Å². The maximum absolute atomic E-state index is 12.3. The van der Waals surface area contributed by atoms with Crippen LogP contribution in [-0.2, 0) is 16.0 Å². The SMILES string of the molecule is COc1ccc(CCC(=O)OCCCN2C(=O)c3ccccc3C2=O)cc1OC. The first kappa shape index (κ1) is 20.4. The summed E-state index contributed by atoms with van der Waals surface area (Å²) in [4.78, 5) is 37.7. The van der Waals surface area contributed by atoms with Crippen LogP contribution in [0.4, 0.5) is 0 Å². The van der Waals surface area contributed by atoms with Gasteiger partial charge in [0, 0.05) is 13.0 Å². The molecule has 29 heavy (non-hydrogen) atoms.